The van der Waals surface area contributed by atoms with Crippen molar-refractivity contribution in [1.82, 2.24) is 15.0 Å². The number of nitrogens with zero attached hydrogens (tertiary/aromatic N) is 3. The van der Waals surface area contributed by atoms with Crippen LogP contribution < -0.4 is 20.5 Å². The van der Waals surface area contributed by atoms with E-state index in [9.17, 15) is 8.42 Å². The molecule has 39 heavy (non-hydrogen) atoms. The lowest BCUT2D eigenvalue weighted by molar-refractivity contribution is 0.410. The molecule has 0 spiro atoms. The minimum Gasteiger partial charge on any atom is -0.494 e. The molecule has 11 heteroatoms. The lowest BCUT2D eigenvalue weighted by Gasteiger charge is -2.26. The molecule has 4 aromatic rings. The third-order valence-electron chi connectivity index (χ3n) is 6.97. The van der Waals surface area contributed by atoms with Crippen LogP contribution in [0.25, 0.3) is 22.2 Å². The molecule has 1 saturated carbocycles. The number of ether oxygens (including phenoxy) is 1. The van der Waals surface area contributed by atoms with E-state index < -0.39 is 10.0 Å². The molecule has 5 rings (SSSR count). The van der Waals surface area contributed by atoms with Crippen molar-refractivity contribution in [2.45, 2.75) is 56.0 Å². The number of aromatic nitrogens is 3. The van der Waals surface area contributed by atoms with Crippen LogP contribution in [-0.2, 0) is 16.4 Å². The summed E-state index contributed by atoms with van der Waals surface area (Å²) in [6.45, 7) is 2.08. The summed E-state index contributed by atoms with van der Waals surface area (Å²) >= 11 is 6.10. The molecular formula is C28H31ClN6O3S. The van der Waals surface area contributed by atoms with Gasteiger partial charge in [0.25, 0.3) is 10.0 Å². The van der Waals surface area contributed by atoms with Crippen LogP contribution in [-0.4, -0.2) is 42.6 Å². The third-order valence-corrected chi connectivity index (χ3v) is 8.85. The second-order valence-corrected chi connectivity index (χ2v) is 11.7. The van der Waals surface area contributed by atoms with E-state index in [0.717, 1.165) is 54.1 Å². The number of anilines is 2. The van der Waals surface area contributed by atoms with Crippen molar-refractivity contribution in [2.75, 3.05) is 17.1 Å². The summed E-state index contributed by atoms with van der Waals surface area (Å²) < 4.78 is 33.9. The highest BCUT2D eigenvalue weighted by atomic mass is 35.5. The van der Waals surface area contributed by atoms with Gasteiger partial charge in [-0.15, -0.1) is 0 Å². The molecule has 0 saturated heterocycles. The number of aryl methyl sites for hydroxylation is 1. The first-order valence-corrected chi connectivity index (χ1v) is 14.8. The third kappa shape index (κ3) is 5.93. The Labute approximate surface area is 233 Å². The van der Waals surface area contributed by atoms with Crippen LogP contribution in [0.4, 0.5) is 11.6 Å². The highest BCUT2D eigenvalue weighted by Gasteiger charge is 2.21. The number of nitrogens with two attached hydrogens (primary N) is 1. The van der Waals surface area contributed by atoms with Crippen molar-refractivity contribution >= 4 is 44.2 Å². The van der Waals surface area contributed by atoms with E-state index in [2.05, 4.69) is 26.9 Å². The minimum absolute atomic E-state index is 0.0160. The Hall–Kier alpha value is -3.47. The summed E-state index contributed by atoms with van der Waals surface area (Å²) in [4.78, 5) is 13.9. The summed E-state index contributed by atoms with van der Waals surface area (Å²) in [5, 5.41) is 4.49. The van der Waals surface area contributed by atoms with E-state index >= 15 is 0 Å². The van der Waals surface area contributed by atoms with Gasteiger partial charge >= 0.3 is 0 Å². The van der Waals surface area contributed by atoms with Crippen molar-refractivity contribution in [3.63, 3.8) is 0 Å². The van der Waals surface area contributed by atoms with Gasteiger partial charge in [0, 0.05) is 35.3 Å². The average molecular weight is 567 g/mol. The van der Waals surface area contributed by atoms with Crippen LogP contribution in [0, 0.1) is 0 Å². The van der Waals surface area contributed by atoms with Crippen LogP contribution in [0.15, 0.2) is 59.8 Å². The van der Waals surface area contributed by atoms with Crippen LogP contribution >= 0.6 is 11.6 Å². The fraction of sp³-hybridized carbons (Fsp3) is 0.321. The Morgan fingerprint density at radius 1 is 1.08 bits per heavy atom. The number of nitrogens with one attached hydrogen (secondary N) is 2. The van der Waals surface area contributed by atoms with Crippen molar-refractivity contribution in [3.05, 3.63) is 65.4 Å². The van der Waals surface area contributed by atoms with Gasteiger partial charge in [-0.1, -0.05) is 30.7 Å². The SMILES string of the molecule is CCc1cc(-c2ncc(NS(=O)(=O)c3ccccc3Cl)cc2OC)cc2cnc(NC3CCC(N)CC3)nc12. The maximum atomic E-state index is 12.9. The first-order valence-electron chi connectivity index (χ1n) is 12.9. The molecule has 4 N–H and O–H groups in total. The largest absolute Gasteiger partial charge is 0.494 e. The van der Waals surface area contributed by atoms with E-state index in [4.69, 9.17) is 27.1 Å². The summed E-state index contributed by atoms with van der Waals surface area (Å²) in [5.41, 5.74) is 9.63. The molecule has 2 heterocycles. The zero-order chi connectivity index (χ0) is 27.6. The quantitative estimate of drug-likeness (QED) is 0.258. The molecule has 1 aliphatic carbocycles. The molecule has 0 radical (unpaired) electrons. The topological polar surface area (TPSA) is 132 Å². The van der Waals surface area contributed by atoms with Gasteiger partial charge < -0.3 is 15.8 Å². The van der Waals surface area contributed by atoms with Gasteiger partial charge in [0.15, 0.2) is 0 Å². The van der Waals surface area contributed by atoms with Crippen LogP contribution in [0.2, 0.25) is 5.02 Å². The normalized spacial score (nSPS) is 17.6. The standard InChI is InChI=1S/C28H31ClN6O3S/c1-3-17-12-18(13-19-15-32-28(34-26(17)19)33-21-10-8-20(30)9-11-21)27-24(38-2)14-22(16-31-27)35-39(36,37)25-7-5-4-6-23(25)29/h4-7,12-16,20-21,35H,3,8-11,30H2,1-2H3,(H,32,33,34). The van der Waals surface area contributed by atoms with Gasteiger partial charge in [0.2, 0.25) is 5.95 Å². The number of benzene rings is 2. The van der Waals surface area contributed by atoms with Gasteiger partial charge in [-0.3, -0.25) is 9.71 Å². The fourth-order valence-electron chi connectivity index (χ4n) is 4.89. The van der Waals surface area contributed by atoms with E-state index in [1.165, 1.54) is 25.4 Å². The molecule has 0 bridgehead atoms. The van der Waals surface area contributed by atoms with Gasteiger partial charge in [0.1, 0.15) is 16.3 Å². The van der Waals surface area contributed by atoms with Crippen molar-refractivity contribution in [2.24, 2.45) is 5.73 Å². The van der Waals surface area contributed by atoms with Gasteiger partial charge in [-0.2, -0.15) is 0 Å². The van der Waals surface area contributed by atoms with E-state index in [-0.39, 0.29) is 21.6 Å². The molecule has 2 aromatic carbocycles. The molecule has 1 aliphatic rings. The predicted octanol–water partition coefficient (Wildman–Crippen LogP) is 5.40. The van der Waals surface area contributed by atoms with Crippen molar-refractivity contribution in [1.29, 1.82) is 0 Å². The summed E-state index contributed by atoms with van der Waals surface area (Å²) in [6, 6.07) is 12.5. The van der Waals surface area contributed by atoms with E-state index in [1.807, 2.05) is 18.3 Å². The zero-order valence-electron chi connectivity index (χ0n) is 21.8. The number of hydrogen-bond acceptors (Lipinski definition) is 8. The maximum Gasteiger partial charge on any atom is 0.263 e. The number of fused-ring (bicyclic) bond motifs is 1. The molecule has 2 aromatic heterocycles. The highest BCUT2D eigenvalue weighted by Crippen LogP contribution is 2.34. The monoisotopic (exact) mass is 566 g/mol. The summed E-state index contributed by atoms with van der Waals surface area (Å²) in [6.07, 6.45) is 8.07. The fourth-order valence-corrected chi connectivity index (χ4v) is 6.44. The Balaban J connectivity index is 1.44. The smallest absolute Gasteiger partial charge is 0.263 e. The van der Waals surface area contributed by atoms with Crippen molar-refractivity contribution in [3.8, 4) is 17.0 Å². The molecule has 0 atom stereocenters. The molecule has 204 valence electrons. The Bertz CT molecular complexity index is 1610. The lowest BCUT2D eigenvalue weighted by Crippen LogP contribution is -2.33. The molecule has 9 nitrogen and oxygen atoms in total. The molecule has 0 aliphatic heterocycles. The molecule has 0 unspecified atom stereocenters. The number of pyridine rings is 1. The number of rotatable bonds is 8. The molecular weight excluding hydrogens is 536 g/mol. The van der Waals surface area contributed by atoms with Gasteiger partial charge in [-0.05, 0) is 61.9 Å². The van der Waals surface area contributed by atoms with Crippen LogP contribution in [0.5, 0.6) is 5.75 Å². The lowest BCUT2D eigenvalue weighted by atomic mass is 9.92. The number of halogens is 1. The highest BCUT2D eigenvalue weighted by molar-refractivity contribution is 7.92. The van der Waals surface area contributed by atoms with Crippen LogP contribution in [0.1, 0.15) is 38.2 Å². The first kappa shape index (κ1) is 27.1. The summed E-state index contributed by atoms with van der Waals surface area (Å²) in [5.74, 6) is 1.04. The number of methoxy groups -OCH3 is 1. The van der Waals surface area contributed by atoms with E-state index in [0.29, 0.717) is 23.4 Å². The van der Waals surface area contributed by atoms with Gasteiger partial charge in [-0.25, -0.2) is 18.4 Å². The average Bonchev–Trinajstić information content (AvgIpc) is 2.93. The zero-order valence-corrected chi connectivity index (χ0v) is 23.4. The molecule has 0 amide bonds. The number of hydrogen-bond donors (Lipinski definition) is 3. The number of sulfonamides is 1. The Morgan fingerprint density at radius 2 is 1.85 bits per heavy atom. The Morgan fingerprint density at radius 3 is 2.56 bits per heavy atom. The summed E-state index contributed by atoms with van der Waals surface area (Å²) in [7, 11) is -2.39. The van der Waals surface area contributed by atoms with Gasteiger partial charge in [0.05, 0.1) is 29.5 Å². The van der Waals surface area contributed by atoms with Crippen LogP contribution in [0.3, 0.4) is 0 Å². The predicted molar refractivity (Wildman–Crippen MR) is 155 cm³/mol. The van der Waals surface area contributed by atoms with Crippen molar-refractivity contribution < 1.29 is 13.2 Å². The van der Waals surface area contributed by atoms with E-state index in [1.54, 1.807) is 18.2 Å². The second-order valence-electron chi connectivity index (χ2n) is 9.69. The first-order chi connectivity index (χ1) is 18.8. The second kappa shape index (κ2) is 11.3. The molecule has 1 fully saturated rings. The Kier molecular flexibility index (Phi) is 7.88. The maximum absolute atomic E-state index is 12.9. The minimum atomic E-state index is -3.91.